The lowest BCUT2D eigenvalue weighted by Crippen LogP contribution is -2.38. The van der Waals surface area contributed by atoms with Crippen LogP contribution in [-0.4, -0.2) is 29.9 Å². The Bertz CT molecular complexity index is 553. The number of hydrogen-bond acceptors (Lipinski definition) is 2. The molecule has 0 saturated heterocycles. The van der Waals surface area contributed by atoms with Gasteiger partial charge in [-0.1, -0.05) is 43.5 Å². The van der Waals surface area contributed by atoms with Gasteiger partial charge in [-0.15, -0.1) is 0 Å². The first-order chi connectivity index (χ1) is 11.6. The zero-order valence-electron chi connectivity index (χ0n) is 14.6. The van der Waals surface area contributed by atoms with Gasteiger partial charge in [0.05, 0.1) is 0 Å². The fraction of sp³-hybridized carbons (Fsp3) is 0.579. The van der Waals surface area contributed by atoms with Gasteiger partial charge in [0.25, 0.3) is 0 Å². The summed E-state index contributed by atoms with van der Waals surface area (Å²) in [4.78, 5) is 25.4. The molecule has 3 amide bonds. The van der Waals surface area contributed by atoms with Gasteiger partial charge in [-0.2, -0.15) is 0 Å². The summed E-state index contributed by atoms with van der Waals surface area (Å²) in [6, 6.07) is 7.61. The molecule has 1 aliphatic rings. The summed E-state index contributed by atoms with van der Waals surface area (Å²) in [7, 11) is 0. The molecule has 5 heteroatoms. The lowest BCUT2D eigenvalue weighted by atomic mass is 9.88. The lowest BCUT2D eigenvalue weighted by molar-refractivity contribution is -0.132. The number of carbonyl (C=O) groups is 2. The van der Waals surface area contributed by atoms with Crippen molar-refractivity contribution in [1.82, 2.24) is 10.2 Å². The number of nitrogens with one attached hydrogen (secondary N) is 1. The van der Waals surface area contributed by atoms with Crippen LogP contribution in [0, 0.1) is 12.8 Å². The molecule has 3 N–H and O–H groups in total. The molecule has 24 heavy (non-hydrogen) atoms. The van der Waals surface area contributed by atoms with E-state index in [0.29, 0.717) is 25.4 Å². The number of amides is 3. The molecule has 0 radical (unpaired) electrons. The molecule has 1 aromatic rings. The van der Waals surface area contributed by atoms with Gasteiger partial charge in [-0.25, -0.2) is 4.79 Å². The van der Waals surface area contributed by atoms with E-state index < -0.39 is 6.03 Å². The van der Waals surface area contributed by atoms with Crippen molar-refractivity contribution in [2.24, 2.45) is 11.7 Å². The Morgan fingerprint density at radius 1 is 1.21 bits per heavy atom. The van der Waals surface area contributed by atoms with E-state index in [2.05, 4.69) is 24.4 Å². The van der Waals surface area contributed by atoms with Crippen molar-refractivity contribution in [1.29, 1.82) is 0 Å². The minimum atomic E-state index is -0.583. The van der Waals surface area contributed by atoms with Crippen molar-refractivity contribution in [2.75, 3.05) is 13.1 Å². The fourth-order valence-corrected chi connectivity index (χ4v) is 3.38. The Morgan fingerprint density at radius 2 is 1.92 bits per heavy atom. The molecule has 0 bridgehead atoms. The third-order valence-electron chi connectivity index (χ3n) is 4.82. The van der Waals surface area contributed by atoms with Gasteiger partial charge in [0, 0.05) is 26.1 Å². The highest BCUT2D eigenvalue weighted by Crippen LogP contribution is 2.25. The first-order valence-electron chi connectivity index (χ1n) is 8.92. The van der Waals surface area contributed by atoms with Crippen molar-refractivity contribution < 1.29 is 9.59 Å². The molecule has 0 aromatic heterocycles. The quantitative estimate of drug-likeness (QED) is 0.806. The van der Waals surface area contributed by atoms with Gasteiger partial charge in [0.2, 0.25) is 5.91 Å². The molecule has 1 fully saturated rings. The molecule has 1 aromatic carbocycles. The third-order valence-corrected chi connectivity index (χ3v) is 4.82. The van der Waals surface area contributed by atoms with E-state index in [-0.39, 0.29) is 5.91 Å². The fourth-order valence-electron chi connectivity index (χ4n) is 3.38. The number of primary amides is 1. The molecule has 132 valence electrons. The summed E-state index contributed by atoms with van der Waals surface area (Å²) in [6.45, 7) is 3.82. The number of nitrogens with zero attached hydrogens (tertiary/aromatic N) is 1. The van der Waals surface area contributed by atoms with Crippen molar-refractivity contribution in [3.05, 3.63) is 35.4 Å². The van der Waals surface area contributed by atoms with E-state index in [9.17, 15) is 9.59 Å². The normalized spacial score (nSPS) is 15.0. The van der Waals surface area contributed by atoms with Crippen LogP contribution in [0.5, 0.6) is 0 Å². The van der Waals surface area contributed by atoms with Crippen LogP contribution in [0.2, 0.25) is 0 Å². The molecule has 5 nitrogen and oxygen atoms in total. The number of rotatable bonds is 7. The van der Waals surface area contributed by atoms with Crippen LogP contribution < -0.4 is 11.1 Å². The maximum atomic E-state index is 12.6. The Morgan fingerprint density at radius 3 is 2.58 bits per heavy atom. The molecular weight excluding hydrogens is 302 g/mol. The number of benzene rings is 1. The predicted octanol–water partition coefficient (Wildman–Crippen LogP) is 2.96. The number of urea groups is 1. The minimum Gasteiger partial charge on any atom is -0.352 e. The van der Waals surface area contributed by atoms with Crippen LogP contribution in [0.1, 0.15) is 49.7 Å². The van der Waals surface area contributed by atoms with Crippen LogP contribution in [0.25, 0.3) is 0 Å². The van der Waals surface area contributed by atoms with E-state index in [4.69, 9.17) is 5.73 Å². The topological polar surface area (TPSA) is 75.4 Å². The van der Waals surface area contributed by atoms with Gasteiger partial charge in [-0.05, 0) is 36.8 Å². The van der Waals surface area contributed by atoms with Crippen LogP contribution in [0.3, 0.4) is 0 Å². The van der Waals surface area contributed by atoms with E-state index in [1.165, 1.54) is 43.2 Å². The van der Waals surface area contributed by atoms with E-state index in [1.54, 1.807) is 0 Å². The molecule has 0 heterocycles. The first-order valence-corrected chi connectivity index (χ1v) is 8.92. The zero-order chi connectivity index (χ0) is 17.4. The summed E-state index contributed by atoms with van der Waals surface area (Å²) in [5, 5.41) is 2.50. The summed E-state index contributed by atoms with van der Waals surface area (Å²) < 4.78 is 0. The SMILES string of the molecule is Cc1ccccc1CN(CC1CCCCC1)C(=O)CCNC(N)=O. The largest absolute Gasteiger partial charge is 0.352 e. The third kappa shape index (κ3) is 5.87. The summed E-state index contributed by atoms with van der Waals surface area (Å²) >= 11 is 0. The van der Waals surface area contributed by atoms with Crippen molar-refractivity contribution in [3.8, 4) is 0 Å². The summed E-state index contributed by atoms with van der Waals surface area (Å²) in [6.07, 6.45) is 6.54. The number of nitrogens with two attached hydrogens (primary N) is 1. The molecule has 0 aliphatic heterocycles. The molecule has 0 spiro atoms. The van der Waals surface area contributed by atoms with E-state index in [0.717, 1.165) is 6.54 Å². The summed E-state index contributed by atoms with van der Waals surface area (Å²) in [5.41, 5.74) is 7.46. The second kappa shape index (κ2) is 9.30. The minimum absolute atomic E-state index is 0.0811. The Labute approximate surface area is 144 Å². The Kier molecular flexibility index (Phi) is 7.09. The average Bonchev–Trinajstić information content (AvgIpc) is 2.56. The van der Waals surface area contributed by atoms with Crippen molar-refractivity contribution in [3.63, 3.8) is 0 Å². The van der Waals surface area contributed by atoms with Gasteiger partial charge < -0.3 is 16.0 Å². The monoisotopic (exact) mass is 331 g/mol. The van der Waals surface area contributed by atoms with Gasteiger partial charge >= 0.3 is 6.03 Å². The molecule has 2 rings (SSSR count). The Balaban J connectivity index is 2.00. The Hall–Kier alpha value is -2.04. The van der Waals surface area contributed by atoms with Gasteiger partial charge in [-0.3, -0.25) is 4.79 Å². The lowest BCUT2D eigenvalue weighted by Gasteiger charge is -2.30. The highest BCUT2D eigenvalue weighted by Gasteiger charge is 2.21. The van der Waals surface area contributed by atoms with Crippen molar-refractivity contribution >= 4 is 11.9 Å². The predicted molar refractivity (Wildman–Crippen MR) is 95.4 cm³/mol. The number of aryl methyl sites for hydroxylation is 1. The standard InChI is InChI=1S/C19H29N3O2/c1-15-7-5-6-10-17(15)14-22(13-16-8-3-2-4-9-16)18(23)11-12-21-19(20)24/h5-7,10,16H,2-4,8-9,11-14H2,1H3,(H3,20,21,24). The van der Waals surface area contributed by atoms with E-state index in [1.807, 2.05) is 17.0 Å². The van der Waals surface area contributed by atoms with Gasteiger partial charge in [0.1, 0.15) is 0 Å². The molecule has 0 unspecified atom stereocenters. The molecule has 1 aliphatic carbocycles. The maximum absolute atomic E-state index is 12.6. The smallest absolute Gasteiger partial charge is 0.312 e. The van der Waals surface area contributed by atoms with Crippen LogP contribution in [0.4, 0.5) is 4.79 Å². The maximum Gasteiger partial charge on any atom is 0.312 e. The highest BCUT2D eigenvalue weighted by molar-refractivity contribution is 5.77. The number of hydrogen-bond donors (Lipinski definition) is 2. The molecule has 1 saturated carbocycles. The van der Waals surface area contributed by atoms with Crippen LogP contribution in [-0.2, 0) is 11.3 Å². The van der Waals surface area contributed by atoms with Crippen LogP contribution >= 0.6 is 0 Å². The van der Waals surface area contributed by atoms with Crippen molar-refractivity contribution in [2.45, 2.75) is 52.0 Å². The molecular formula is C19H29N3O2. The first kappa shape index (κ1) is 18.3. The zero-order valence-corrected chi connectivity index (χ0v) is 14.6. The number of carbonyl (C=O) groups excluding carboxylic acids is 2. The second-order valence-electron chi connectivity index (χ2n) is 6.75. The molecule has 0 atom stereocenters. The summed E-state index contributed by atoms with van der Waals surface area (Å²) in [5.74, 6) is 0.674. The highest BCUT2D eigenvalue weighted by atomic mass is 16.2. The van der Waals surface area contributed by atoms with Gasteiger partial charge in [0.15, 0.2) is 0 Å². The van der Waals surface area contributed by atoms with E-state index >= 15 is 0 Å². The average molecular weight is 331 g/mol. The second-order valence-corrected chi connectivity index (χ2v) is 6.75. The van der Waals surface area contributed by atoms with Crippen LogP contribution in [0.15, 0.2) is 24.3 Å².